The first-order chi connectivity index (χ1) is 32.5. The SMILES string of the molecule is C=C(C(C)CC(=O)C(C)N)N1CCCC1C(=O)CC(C(=O)NCC(O)Cn1nncc1CCCCS(=O)(=O)c1cccc(Nc2cc(S(=O)(=O)O)c(N)c3c2C(=O)c2ccccc2C3=O)c1)C(C)C. The summed E-state index contributed by atoms with van der Waals surface area (Å²) < 4.78 is 63.3. The quantitative estimate of drug-likeness (QED) is 0.0305. The molecular weight excluding hydrogens is 929 g/mol. The highest BCUT2D eigenvalue weighted by Gasteiger charge is 2.38. The number of amides is 1. The van der Waals surface area contributed by atoms with Crippen molar-refractivity contribution in [1.82, 2.24) is 25.2 Å². The molecule has 3 aromatic carbocycles. The van der Waals surface area contributed by atoms with E-state index in [1.165, 1.54) is 53.3 Å². The number of likely N-dealkylation sites (tertiary alicyclic amines) is 1. The van der Waals surface area contributed by atoms with Crippen molar-refractivity contribution in [1.29, 1.82) is 0 Å². The summed E-state index contributed by atoms with van der Waals surface area (Å²) in [6, 6.07) is 11.4. The maximum Gasteiger partial charge on any atom is 0.296 e. The highest BCUT2D eigenvalue weighted by molar-refractivity contribution is 7.91. The van der Waals surface area contributed by atoms with Crippen molar-refractivity contribution < 1.29 is 50.5 Å². The standard InChI is InChI=1S/C48H60N8O11S2/c1-27(2)37(22-41(59)39-17-11-18-55(39)30(5)28(3)20-40(58)29(4)49)48(62)51-25-33(57)26-56-32(24-52-54-56)13-8-9-19-68(63,64)34-14-10-12-31(21-34)53-38-23-42(69(65,66)67)45(50)44-43(38)46(60)35-15-6-7-16-36(35)47(44)61/h6-7,10,12,14-16,21,23-24,27-29,33,37,39,53,57H,5,8-9,11,13,17-20,22,25-26,49-50H2,1-4H3,(H,51,62)(H,65,66,67). The minimum Gasteiger partial charge on any atom is -0.397 e. The van der Waals surface area contributed by atoms with Gasteiger partial charge in [0.1, 0.15) is 10.7 Å². The van der Waals surface area contributed by atoms with Crippen LogP contribution in [0.3, 0.4) is 0 Å². The van der Waals surface area contributed by atoms with Crippen LogP contribution < -0.4 is 22.1 Å². The summed E-state index contributed by atoms with van der Waals surface area (Å²) in [5, 5.41) is 24.6. The number of ketones is 4. The van der Waals surface area contributed by atoms with Gasteiger partial charge in [0.05, 0.1) is 69.8 Å². The van der Waals surface area contributed by atoms with Gasteiger partial charge in [-0.2, -0.15) is 8.42 Å². The minimum absolute atomic E-state index is 0.000713. The van der Waals surface area contributed by atoms with E-state index in [2.05, 4.69) is 27.5 Å². The number of aliphatic hydroxyl groups is 1. The molecule has 0 bridgehead atoms. The zero-order valence-electron chi connectivity index (χ0n) is 39.1. The maximum absolute atomic E-state index is 13.7. The summed E-state index contributed by atoms with van der Waals surface area (Å²) >= 11 is 0. The van der Waals surface area contributed by atoms with Crippen molar-refractivity contribution in [3.05, 3.63) is 101 Å². The number of Topliss-reactive ketones (excluding diaryl/α,β-unsaturated/α-hetero) is 2. The van der Waals surface area contributed by atoms with E-state index in [0.717, 1.165) is 12.5 Å². The Kier molecular flexibility index (Phi) is 16.4. The number of carbonyl (C=O) groups excluding carboxylic acids is 5. The molecule has 4 aromatic rings. The van der Waals surface area contributed by atoms with E-state index >= 15 is 0 Å². The number of sulfone groups is 1. The number of fused-ring (bicyclic) bond motifs is 2. The highest BCUT2D eigenvalue weighted by atomic mass is 32.2. The molecule has 69 heavy (non-hydrogen) atoms. The molecule has 21 heteroatoms. The van der Waals surface area contributed by atoms with Gasteiger partial charge in [0, 0.05) is 60.3 Å². The van der Waals surface area contributed by atoms with Gasteiger partial charge < -0.3 is 32.1 Å². The second-order valence-electron chi connectivity index (χ2n) is 18.2. The van der Waals surface area contributed by atoms with Crippen LogP contribution in [0.5, 0.6) is 0 Å². The van der Waals surface area contributed by atoms with Crippen molar-refractivity contribution in [3.8, 4) is 0 Å². The fraction of sp³-hybridized carbons (Fsp3) is 0.438. The molecule has 2 aliphatic rings. The molecule has 8 N–H and O–H groups in total. The number of hydrogen-bond acceptors (Lipinski definition) is 16. The summed E-state index contributed by atoms with van der Waals surface area (Å²) in [5.41, 5.74) is 11.9. The predicted molar refractivity (Wildman–Crippen MR) is 257 cm³/mol. The normalized spacial score (nSPS) is 16.6. The molecule has 0 saturated carbocycles. The number of aryl methyl sites for hydroxylation is 1. The summed E-state index contributed by atoms with van der Waals surface area (Å²) in [7, 11) is -8.87. The molecule has 19 nitrogen and oxygen atoms in total. The van der Waals surface area contributed by atoms with Gasteiger partial charge in [0.2, 0.25) is 5.91 Å². The minimum atomic E-state index is -4.98. The van der Waals surface area contributed by atoms with Crippen LogP contribution in [0, 0.1) is 17.8 Å². The molecule has 5 unspecified atom stereocenters. The number of benzene rings is 3. The number of unbranched alkanes of at least 4 members (excludes halogenated alkanes) is 1. The van der Waals surface area contributed by atoms with Crippen LogP contribution in [0.4, 0.5) is 17.1 Å². The van der Waals surface area contributed by atoms with E-state index < -0.39 is 71.8 Å². The Bertz CT molecular complexity index is 2880. The first-order valence-electron chi connectivity index (χ1n) is 22.8. The zero-order chi connectivity index (χ0) is 50.5. The third kappa shape index (κ3) is 12.0. The van der Waals surface area contributed by atoms with E-state index in [9.17, 15) is 50.5 Å². The number of nitrogen functional groups attached to an aromatic ring is 1. The molecule has 2 heterocycles. The molecule has 370 valence electrons. The van der Waals surface area contributed by atoms with Gasteiger partial charge in [0.25, 0.3) is 10.1 Å². The van der Waals surface area contributed by atoms with E-state index in [-0.39, 0.29) is 100 Å². The second kappa shape index (κ2) is 21.7. The van der Waals surface area contributed by atoms with Crippen LogP contribution in [-0.4, -0.2) is 112 Å². The Morgan fingerprint density at radius 2 is 1.62 bits per heavy atom. The van der Waals surface area contributed by atoms with Crippen molar-refractivity contribution in [2.45, 2.75) is 107 Å². The predicted octanol–water partition coefficient (Wildman–Crippen LogP) is 4.05. The van der Waals surface area contributed by atoms with Gasteiger partial charge in [-0.1, -0.05) is 62.9 Å². The first-order valence-corrected chi connectivity index (χ1v) is 25.9. The van der Waals surface area contributed by atoms with E-state index in [4.69, 9.17) is 11.5 Å². The van der Waals surface area contributed by atoms with E-state index in [1.54, 1.807) is 13.0 Å². The van der Waals surface area contributed by atoms with Gasteiger partial charge in [0.15, 0.2) is 27.2 Å². The van der Waals surface area contributed by atoms with Crippen LogP contribution in [0.2, 0.25) is 0 Å². The highest BCUT2D eigenvalue weighted by Crippen LogP contribution is 2.40. The number of allylic oxidation sites excluding steroid dienone is 1. The Labute approximate surface area is 401 Å². The van der Waals surface area contributed by atoms with Crippen LogP contribution in [0.1, 0.15) is 104 Å². The van der Waals surface area contributed by atoms with Crippen LogP contribution in [-0.2, 0) is 47.3 Å². The number of hydrogen-bond donors (Lipinski definition) is 6. The van der Waals surface area contributed by atoms with E-state index in [1.807, 2.05) is 25.7 Å². The Balaban J connectivity index is 1.02. The van der Waals surface area contributed by atoms with Crippen molar-refractivity contribution in [2.75, 3.05) is 29.9 Å². The fourth-order valence-corrected chi connectivity index (χ4v) is 10.9. The average molecular weight is 989 g/mol. The molecule has 1 aromatic heterocycles. The lowest BCUT2D eigenvalue weighted by atomic mass is 9.82. The average Bonchev–Trinajstić information content (AvgIpc) is 3.97. The van der Waals surface area contributed by atoms with Crippen molar-refractivity contribution >= 4 is 66.1 Å². The molecule has 1 saturated heterocycles. The number of rotatable bonds is 23. The molecule has 0 radical (unpaired) electrons. The largest absolute Gasteiger partial charge is 0.397 e. The number of nitrogens with two attached hydrogens (primary N) is 2. The molecule has 1 amide bonds. The Morgan fingerprint density at radius 3 is 2.28 bits per heavy atom. The van der Waals surface area contributed by atoms with Gasteiger partial charge >= 0.3 is 0 Å². The summed E-state index contributed by atoms with van der Waals surface area (Å²) in [5.74, 6) is -3.18. The number of aliphatic hydroxyl groups excluding tert-OH is 1. The molecule has 6 rings (SSSR count). The Morgan fingerprint density at radius 1 is 0.942 bits per heavy atom. The van der Waals surface area contributed by atoms with Gasteiger partial charge in [-0.05, 0) is 69.2 Å². The number of aromatic nitrogens is 3. The van der Waals surface area contributed by atoms with Crippen molar-refractivity contribution in [2.24, 2.45) is 23.5 Å². The number of nitrogens with one attached hydrogen (secondary N) is 2. The van der Waals surface area contributed by atoms with Gasteiger partial charge in [-0.25, -0.2) is 13.1 Å². The molecule has 1 aliphatic carbocycles. The third-order valence-electron chi connectivity index (χ3n) is 12.8. The zero-order valence-corrected chi connectivity index (χ0v) is 40.7. The molecule has 5 atom stereocenters. The smallest absolute Gasteiger partial charge is 0.296 e. The summed E-state index contributed by atoms with van der Waals surface area (Å²) in [4.78, 5) is 67.7. The summed E-state index contributed by atoms with van der Waals surface area (Å²) in [6.07, 6.45) is 3.03. The lowest BCUT2D eigenvalue weighted by Gasteiger charge is -2.32. The van der Waals surface area contributed by atoms with Crippen LogP contribution >= 0.6 is 0 Å². The van der Waals surface area contributed by atoms with Crippen LogP contribution in [0.25, 0.3) is 0 Å². The molecular formula is C48H60N8O11S2. The number of nitrogens with zero attached hydrogens (tertiary/aromatic N) is 4. The first kappa shape index (κ1) is 52.2. The fourth-order valence-electron chi connectivity index (χ4n) is 8.80. The maximum atomic E-state index is 13.7. The molecule has 1 aliphatic heterocycles. The number of carbonyl (C=O) groups is 5. The third-order valence-corrected chi connectivity index (χ3v) is 15.5. The molecule has 0 spiro atoms. The molecule has 1 fully saturated rings. The lowest BCUT2D eigenvalue weighted by Crippen LogP contribution is -2.43. The lowest BCUT2D eigenvalue weighted by molar-refractivity contribution is -0.132. The van der Waals surface area contributed by atoms with E-state index in [0.29, 0.717) is 37.2 Å². The topological polar surface area (TPSA) is 304 Å². The van der Waals surface area contributed by atoms with Crippen molar-refractivity contribution in [3.63, 3.8) is 0 Å². The Hall–Kier alpha value is -6.13. The second-order valence-corrected chi connectivity index (χ2v) is 21.7. The van der Waals surface area contributed by atoms with Gasteiger partial charge in [-0.3, -0.25) is 28.5 Å². The van der Waals surface area contributed by atoms with Crippen LogP contribution in [0.15, 0.2) is 82.9 Å². The summed E-state index contributed by atoms with van der Waals surface area (Å²) in [6.45, 7) is 11.9. The van der Waals surface area contributed by atoms with Gasteiger partial charge in [-0.15, -0.1) is 5.10 Å². The number of anilines is 3. The monoisotopic (exact) mass is 988 g/mol.